The van der Waals surface area contributed by atoms with E-state index in [1.54, 1.807) is 18.5 Å². The Morgan fingerprint density at radius 1 is 1.31 bits per heavy atom. The van der Waals surface area contributed by atoms with Crippen LogP contribution >= 0.6 is 0 Å². The molecule has 1 N–H and O–H groups in total. The van der Waals surface area contributed by atoms with Crippen LogP contribution < -0.4 is 10.1 Å². The number of hydrogen-bond acceptors (Lipinski definition) is 4. The van der Waals surface area contributed by atoms with E-state index in [1.807, 2.05) is 0 Å². The molecule has 1 fully saturated rings. The third kappa shape index (κ3) is 2.39. The molecule has 1 atom stereocenters. The van der Waals surface area contributed by atoms with Crippen molar-refractivity contribution in [1.82, 2.24) is 15.3 Å². The van der Waals surface area contributed by atoms with Crippen molar-refractivity contribution in [2.75, 3.05) is 6.54 Å². The number of rotatable bonds is 2. The summed E-state index contributed by atoms with van der Waals surface area (Å²) in [5, 5.41) is 3.27. The Morgan fingerprint density at radius 3 is 2.85 bits per heavy atom. The normalized spacial score (nSPS) is 22.6. The second kappa shape index (κ2) is 4.18. The van der Waals surface area contributed by atoms with Crippen LogP contribution in [0.25, 0.3) is 0 Å². The van der Waals surface area contributed by atoms with Crippen LogP contribution in [-0.2, 0) is 0 Å². The van der Waals surface area contributed by atoms with Crippen molar-refractivity contribution in [2.24, 2.45) is 0 Å². The topological polar surface area (TPSA) is 47.0 Å². The van der Waals surface area contributed by atoms with Crippen LogP contribution in [0.4, 0.5) is 0 Å². The monoisotopic (exact) mass is 179 g/mol. The Balaban J connectivity index is 1.90. The van der Waals surface area contributed by atoms with Gasteiger partial charge >= 0.3 is 6.01 Å². The Hall–Kier alpha value is -1.16. The van der Waals surface area contributed by atoms with Crippen LogP contribution in [0.1, 0.15) is 19.3 Å². The van der Waals surface area contributed by atoms with Crippen molar-refractivity contribution in [3.05, 3.63) is 18.5 Å². The number of hydrogen-bond donors (Lipinski definition) is 1. The molecule has 2 rings (SSSR count). The molecule has 1 aliphatic heterocycles. The van der Waals surface area contributed by atoms with Crippen LogP contribution in [0.5, 0.6) is 6.01 Å². The lowest BCUT2D eigenvalue weighted by atomic mass is 10.1. The maximum Gasteiger partial charge on any atom is 0.317 e. The Labute approximate surface area is 77.4 Å². The van der Waals surface area contributed by atoms with E-state index in [-0.39, 0.29) is 6.23 Å². The first-order valence-corrected chi connectivity index (χ1v) is 4.62. The SMILES string of the molecule is c1cnc(OC2CCCCN2)nc1. The summed E-state index contributed by atoms with van der Waals surface area (Å²) in [4.78, 5) is 8.00. The van der Waals surface area contributed by atoms with E-state index in [2.05, 4.69) is 15.3 Å². The molecule has 0 aliphatic carbocycles. The van der Waals surface area contributed by atoms with Crippen LogP contribution in [0, 0.1) is 0 Å². The van der Waals surface area contributed by atoms with Gasteiger partial charge in [0.2, 0.25) is 0 Å². The number of nitrogens with zero attached hydrogens (tertiary/aromatic N) is 2. The molecular formula is C9H13N3O. The van der Waals surface area contributed by atoms with Gasteiger partial charge in [-0.3, -0.25) is 5.32 Å². The van der Waals surface area contributed by atoms with Gasteiger partial charge < -0.3 is 4.74 Å². The minimum Gasteiger partial charge on any atom is -0.444 e. The lowest BCUT2D eigenvalue weighted by Crippen LogP contribution is -2.38. The second-order valence-electron chi connectivity index (χ2n) is 3.09. The van der Waals surface area contributed by atoms with Crippen LogP contribution in [0.15, 0.2) is 18.5 Å². The third-order valence-electron chi connectivity index (χ3n) is 2.05. The van der Waals surface area contributed by atoms with Crippen LogP contribution in [0.2, 0.25) is 0 Å². The lowest BCUT2D eigenvalue weighted by Gasteiger charge is -2.22. The van der Waals surface area contributed by atoms with Gasteiger partial charge in [-0.2, -0.15) is 0 Å². The zero-order chi connectivity index (χ0) is 8.93. The fraction of sp³-hybridized carbons (Fsp3) is 0.556. The highest BCUT2D eigenvalue weighted by Crippen LogP contribution is 2.10. The summed E-state index contributed by atoms with van der Waals surface area (Å²) < 4.78 is 5.52. The molecule has 0 radical (unpaired) electrons. The molecule has 4 heteroatoms. The highest BCUT2D eigenvalue weighted by atomic mass is 16.5. The number of ether oxygens (including phenoxy) is 1. The molecule has 0 amide bonds. The largest absolute Gasteiger partial charge is 0.444 e. The summed E-state index contributed by atoms with van der Waals surface area (Å²) in [6, 6.07) is 2.24. The summed E-state index contributed by atoms with van der Waals surface area (Å²) in [6.07, 6.45) is 6.95. The van der Waals surface area contributed by atoms with E-state index >= 15 is 0 Å². The molecule has 0 spiro atoms. The van der Waals surface area contributed by atoms with Crippen LogP contribution in [0.3, 0.4) is 0 Å². The van der Waals surface area contributed by atoms with Gasteiger partial charge in [-0.15, -0.1) is 0 Å². The average molecular weight is 179 g/mol. The predicted octanol–water partition coefficient (Wildman–Crippen LogP) is 0.955. The highest BCUT2D eigenvalue weighted by molar-refractivity contribution is 4.94. The lowest BCUT2D eigenvalue weighted by molar-refractivity contribution is 0.120. The minimum absolute atomic E-state index is 0.0937. The standard InChI is InChI=1S/C9H13N3O/c1-2-5-10-8(4-1)13-9-11-6-3-7-12-9/h3,6-8,10H,1-2,4-5H2. The van der Waals surface area contributed by atoms with Crippen molar-refractivity contribution in [1.29, 1.82) is 0 Å². The third-order valence-corrected chi connectivity index (χ3v) is 2.05. The Kier molecular flexibility index (Phi) is 2.72. The molecule has 1 aliphatic rings. The number of aromatic nitrogens is 2. The smallest absolute Gasteiger partial charge is 0.317 e. The Morgan fingerprint density at radius 2 is 2.15 bits per heavy atom. The van der Waals surface area contributed by atoms with Gasteiger partial charge in [-0.1, -0.05) is 0 Å². The molecule has 0 aromatic carbocycles. The number of piperidine rings is 1. The van der Waals surface area contributed by atoms with E-state index in [9.17, 15) is 0 Å². The number of nitrogens with one attached hydrogen (secondary N) is 1. The van der Waals surface area contributed by atoms with Gasteiger partial charge in [-0.05, 0) is 31.9 Å². The zero-order valence-corrected chi connectivity index (χ0v) is 7.44. The molecule has 1 aromatic heterocycles. The van der Waals surface area contributed by atoms with Gasteiger partial charge in [0.15, 0.2) is 6.23 Å². The average Bonchev–Trinajstić information content (AvgIpc) is 2.21. The summed E-state index contributed by atoms with van der Waals surface area (Å²) in [6.45, 7) is 1.03. The summed E-state index contributed by atoms with van der Waals surface area (Å²) in [5.74, 6) is 0. The molecule has 13 heavy (non-hydrogen) atoms. The molecular weight excluding hydrogens is 166 g/mol. The van der Waals surface area contributed by atoms with E-state index in [1.165, 1.54) is 12.8 Å². The Bertz CT molecular complexity index is 246. The molecule has 0 bridgehead atoms. The quantitative estimate of drug-likeness (QED) is 0.734. The maximum atomic E-state index is 5.52. The zero-order valence-electron chi connectivity index (χ0n) is 7.44. The fourth-order valence-corrected chi connectivity index (χ4v) is 1.39. The first-order valence-electron chi connectivity index (χ1n) is 4.62. The van der Waals surface area contributed by atoms with Crippen LogP contribution in [-0.4, -0.2) is 22.7 Å². The maximum absolute atomic E-state index is 5.52. The predicted molar refractivity (Wildman–Crippen MR) is 48.3 cm³/mol. The van der Waals surface area contributed by atoms with E-state index in [0.29, 0.717) is 6.01 Å². The van der Waals surface area contributed by atoms with Gasteiger partial charge in [0.25, 0.3) is 0 Å². The van der Waals surface area contributed by atoms with Gasteiger partial charge in [0.05, 0.1) is 0 Å². The summed E-state index contributed by atoms with van der Waals surface area (Å²) in [5.41, 5.74) is 0. The second-order valence-corrected chi connectivity index (χ2v) is 3.09. The molecule has 70 valence electrons. The van der Waals surface area contributed by atoms with Crippen molar-refractivity contribution >= 4 is 0 Å². The molecule has 2 heterocycles. The van der Waals surface area contributed by atoms with Crippen molar-refractivity contribution in [3.8, 4) is 6.01 Å². The summed E-state index contributed by atoms with van der Waals surface area (Å²) in [7, 11) is 0. The van der Waals surface area contributed by atoms with Gasteiger partial charge in [0, 0.05) is 12.4 Å². The van der Waals surface area contributed by atoms with Gasteiger partial charge in [0.1, 0.15) is 0 Å². The minimum atomic E-state index is 0.0937. The van der Waals surface area contributed by atoms with E-state index in [0.717, 1.165) is 13.0 Å². The summed E-state index contributed by atoms with van der Waals surface area (Å²) >= 11 is 0. The first kappa shape index (κ1) is 8.44. The van der Waals surface area contributed by atoms with Gasteiger partial charge in [-0.25, -0.2) is 9.97 Å². The molecule has 0 saturated carbocycles. The molecule has 1 saturated heterocycles. The van der Waals surface area contributed by atoms with E-state index in [4.69, 9.17) is 4.74 Å². The molecule has 4 nitrogen and oxygen atoms in total. The fourth-order valence-electron chi connectivity index (χ4n) is 1.39. The van der Waals surface area contributed by atoms with E-state index < -0.39 is 0 Å². The van der Waals surface area contributed by atoms with Crippen molar-refractivity contribution in [3.63, 3.8) is 0 Å². The molecule has 1 aromatic rings. The van der Waals surface area contributed by atoms with Crippen molar-refractivity contribution < 1.29 is 4.74 Å². The van der Waals surface area contributed by atoms with Crippen molar-refractivity contribution in [2.45, 2.75) is 25.5 Å². The highest BCUT2D eigenvalue weighted by Gasteiger charge is 2.14. The molecule has 1 unspecified atom stereocenters. The first-order chi connectivity index (χ1) is 6.45.